The maximum Gasteiger partial charge on any atom is 0.322 e. The number of amides is 2. The van der Waals surface area contributed by atoms with Crippen LogP contribution in [0.15, 0.2) is 18.3 Å². The number of nitrogens with one attached hydrogen (secondary N) is 1. The van der Waals surface area contributed by atoms with Crippen LogP contribution in [0.3, 0.4) is 0 Å². The summed E-state index contributed by atoms with van der Waals surface area (Å²) >= 11 is 0. The molecule has 8 heteroatoms. The van der Waals surface area contributed by atoms with Crippen molar-refractivity contribution in [3.63, 3.8) is 0 Å². The lowest BCUT2D eigenvalue weighted by Gasteiger charge is -2.23. The Morgan fingerprint density at radius 3 is 2.88 bits per heavy atom. The summed E-state index contributed by atoms with van der Waals surface area (Å²) in [5.74, 6) is -2.53. The van der Waals surface area contributed by atoms with Crippen LogP contribution in [0.25, 0.3) is 0 Å². The standard InChI is InChI=1S/C16H21F2N3O3/c17-16(18)10-21(7-8-23-11-16)15(22)20-12-5-6-14(19-9-12)24-13-3-1-2-4-13/h5-6,9,13H,1-4,7-8,10-11H2,(H,20,22). The zero-order valence-corrected chi connectivity index (χ0v) is 13.3. The molecule has 0 radical (unpaired) electrons. The summed E-state index contributed by atoms with van der Waals surface area (Å²) in [5.41, 5.74) is 0.437. The first-order valence-electron chi connectivity index (χ1n) is 8.16. The van der Waals surface area contributed by atoms with E-state index in [2.05, 4.69) is 10.3 Å². The number of pyridine rings is 1. The predicted molar refractivity (Wildman–Crippen MR) is 83.5 cm³/mol. The topological polar surface area (TPSA) is 63.7 Å². The second-order valence-corrected chi connectivity index (χ2v) is 6.17. The van der Waals surface area contributed by atoms with E-state index in [1.165, 1.54) is 19.0 Å². The molecule has 0 atom stereocenters. The van der Waals surface area contributed by atoms with Gasteiger partial charge in [0.25, 0.3) is 5.92 Å². The maximum atomic E-state index is 13.5. The fraction of sp³-hybridized carbons (Fsp3) is 0.625. The molecule has 2 heterocycles. The van der Waals surface area contributed by atoms with Gasteiger partial charge in [-0.05, 0) is 31.7 Å². The van der Waals surface area contributed by atoms with Crippen LogP contribution in [0, 0.1) is 0 Å². The first-order chi connectivity index (χ1) is 11.5. The van der Waals surface area contributed by atoms with Crippen LogP contribution in [0.5, 0.6) is 5.88 Å². The van der Waals surface area contributed by atoms with E-state index < -0.39 is 25.1 Å². The summed E-state index contributed by atoms with van der Waals surface area (Å²) in [6.45, 7) is -1.10. The zero-order valence-electron chi connectivity index (χ0n) is 13.3. The average Bonchev–Trinajstić information content (AvgIpc) is 2.98. The number of halogens is 2. The van der Waals surface area contributed by atoms with Crippen LogP contribution in [0.4, 0.5) is 19.3 Å². The molecule has 132 valence electrons. The number of carbonyl (C=O) groups is 1. The van der Waals surface area contributed by atoms with Gasteiger partial charge in [-0.25, -0.2) is 18.6 Å². The van der Waals surface area contributed by atoms with E-state index in [0.29, 0.717) is 11.6 Å². The molecule has 3 rings (SSSR count). The van der Waals surface area contributed by atoms with Gasteiger partial charge < -0.3 is 19.7 Å². The number of aromatic nitrogens is 1. The monoisotopic (exact) mass is 341 g/mol. The van der Waals surface area contributed by atoms with Crippen molar-refractivity contribution in [1.29, 1.82) is 0 Å². The van der Waals surface area contributed by atoms with E-state index >= 15 is 0 Å². The fourth-order valence-corrected chi connectivity index (χ4v) is 2.88. The normalized spacial score (nSPS) is 21.3. The van der Waals surface area contributed by atoms with Crippen molar-refractivity contribution < 1.29 is 23.0 Å². The Bertz CT molecular complexity index is 562. The summed E-state index contributed by atoms with van der Waals surface area (Å²) in [6.07, 6.45) is 6.08. The van der Waals surface area contributed by atoms with Gasteiger partial charge in [0.1, 0.15) is 12.7 Å². The first-order valence-corrected chi connectivity index (χ1v) is 8.16. The smallest absolute Gasteiger partial charge is 0.322 e. The third kappa shape index (κ3) is 4.53. The summed E-state index contributed by atoms with van der Waals surface area (Å²) < 4.78 is 37.5. The largest absolute Gasteiger partial charge is 0.474 e. The molecule has 1 aromatic heterocycles. The Morgan fingerprint density at radius 1 is 1.38 bits per heavy atom. The summed E-state index contributed by atoms with van der Waals surface area (Å²) in [7, 11) is 0. The number of anilines is 1. The number of alkyl halides is 2. The number of rotatable bonds is 3. The zero-order chi connectivity index (χ0) is 17.0. The van der Waals surface area contributed by atoms with Gasteiger partial charge in [0.2, 0.25) is 5.88 Å². The second kappa shape index (κ2) is 7.29. The Labute approximate surface area is 139 Å². The van der Waals surface area contributed by atoms with Crippen LogP contribution in [-0.4, -0.2) is 54.2 Å². The third-order valence-corrected chi connectivity index (χ3v) is 4.11. The van der Waals surface area contributed by atoms with E-state index in [1.807, 2.05) is 0 Å². The number of ether oxygens (including phenoxy) is 2. The average molecular weight is 341 g/mol. The molecule has 1 saturated heterocycles. The minimum absolute atomic E-state index is 0.0927. The highest BCUT2D eigenvalue weighted by molar-refractivity contribution is 5.89. The van der Waals surface area contributed by atoms with Crippen LogP contribution < -0.4 is 10.1 Å². The molecule has 24 heavy (non-hydrogen) atoms. The molecule has 1 saturated carbocycles. The van der Waals surface area contributed by atoms with Crippen LogP contribution in [0.2, 0.25) is 0 Å². The highest BCUT2D eigenvalue weighted by atomic mass is 19.3. The van der Waals surface area contributed by atoms with E-state index in [-0.39, 0.29) is 19.3 Å². The molecule has 6 nitrogen and oxygen atoms in total. The van der Waals surface area contributed by atoms with Gasteiger partial charge in [-0.2, -0.15) is 0 Å². The summed E-state index contributed by atoms with van der Waals surface area (Å²) in [6, 6.07) is 2.74. The molecule has 0 spiro atoms. The van der Waals surface area contributed by atoms with Crippen molar-refractivity contribution in [1.82, 2.24) is 9.88 Å². The van der Waals surface area contributed by atoms with Crippen molar-refractivity contribution in [3.8, 4) is 5.88 Å². The molecule has 0 bridgehead atoms. The van der Waals surface area contributed by atoms with E-state index in [0.717, 1.165) is 17.7 Å². The number of hydrogen-bond acceptors (Lipinski definition) is 4. The van der Waals surface area contributed by atoms with E-state index in [4.69, 9.17) is 9.47 Å². The lowest BCUT2D eigenvalue weighted by Crippen LogP contribution is -2.43. The molecule has 2 fully saturated rings. The van der Waals surface area contributed by atoms with Crippen LogP contribution in [0.1, 0.15) is 25.7 Å². The minimum atomic E-state index is -3.04. The van der Waals surface area contributed by atoms with Crippen molar-refractivity contribution in [2.45, 2.75) is 37.7 Å². The van der Waals surface area contributed by atoms with Crippen LogP contribution >= 0.6 is 0 Å². The van der Waals surface area contributed by atoms with Gasteiger partial charge in [-0.15, -0.1) is 0 Å². The Hall–Kier alpha value is -1.96. The molecule has 1 aliphatic heterocycles. The predicted octanol–water partition coefficient (Wildman–Crippen LogP) is 2.90. The molecular weight excluding hydrogens is 320 g/mol. The molecule has 1 aromatic rings. The lowest BCUT2D eigenvalue weighted by molar-refractivity contribution is -0.0648. The van der Waals surface area contributed by atoms with Gasteiger partial charge >= 0.3 is 6.03 Å². The number of nitrogens with zero attached hydrogens (tertiary/aromatic N) is 2. The highest BCUT2D eigenvalue weighted by Crippen LogP contribution is 2.24. The molecule has 1 N–H and O–H groups in total. The molecular formula is C16H21F2N3O3. The Balaban J connectivity index is 1.55. The number of carbonyl (C=O) groups excluding carboxylic acids is 1. The van der Waals surface area contributed by atoms with Gasteiger partial charge in [0.05, 0.1) is 25.0 Å². The van der Waals surface area contributed by atoms with Gasteiger partial charge in [0, 0.05) is 12.6 Å². The van der Waals surface area contributed by atoms with Crippen molar-refractivity contribution in [3.05, 3.63) is 18.3 Å². The Morgan fingerprint density at radius 2 is 2.17 bits per heavy atom. The first kappa shape index (κ1) is 16.9. The van der Waals surface area contributed by atoms with Crippen LogP contribution in [-0.2, 0) is 4.74 Å². The Kier molecular flexibility index (Phi) is 5.13. The number of urea groups is 1. The van der Waals surface area contributed by atoms with Gasteiger partial charge in [0.15, 0.2) is 0 Å². The van der Waals surface area contributed by atoms with Crippen molar-refractivity contribution in [2.24, 2.45) is 0 Å². The molecule has 2 aliphatic rings. The van der Waals surface area contributed by atoms with Gasteiger partial charge in [-0.1, -0.05) is 0 Å². The lowest BCUT2D eigenvalue weighted by atomic mass is 10.3. The third-order valence-electron chi connectivity index (χ3n) is 4.11. The summed E-state index contributed by atoms with van der Waals surface area (Å²) in [5, 5.41) is 2.58. The molecule has 2 amide bonds. The quantitative estimate of drug-likeness (QED) is 0.918. The molecule has 0 aromatic carbocycles. The summed E-state index contributed by atoms with van der Waals surface area (Å²) in [4.78, 5) is 17.3. The van der Waals surface area contributed by atoms with Crippen molar-refractivity contribution >= 4 is 11.7 Å². The minimum Gasteiger partial charge on any atom is -0.474 e. The van der Waals surface area contributed by atoms with Gasteiger partial charge in [-0.3, -0.25) is 0 Å². The molecule has 0 unspecified atom stereocenters. The fourth-order valence-electron chi connectivity index (χ4n) is 2.88. The SMILES string of the molecule is O=C(Nc1ccc(OC2CCCC2)nc1)N1CCOCC(F)(F)C1. The van der Waals surface area contributed by atoms with E-state index in [9.17, 15) is 13.6 Å². The van der Waals surface area contributed by atoms with Crippen molar-refractivity contribution in [2.75, 3.05) is 31.6 Å². The number of hydrogen-bond donors (Lipinski definition) is 1. The highest BCUT2D eigenvalue weighted by Gasteiger charge is 2.36. The second-order valence-electron chi connectivity index (χ2n) is 6.17. The molecule has 1 aliphatic carbocycles. The van der Waals surface area contributed by atoms with E-state index in [1.54, 1.807) is 12.1 Å². The maximum absolute atomic E-state index is 13.5.